The molecule has 0 bridgehead atoms. The second-order valence-corrected chi connectivity index (χ2v) is 8.36. The molecule has 28 heavy (non-hydrogen) atoms. The molecule has 1 saturated heterocycles. The zero-order valence-corrected chi connectivity index (χ0v) is 17.4. The van der Waals surface area contributed by atoms with Crippen LogP contribution in [0, 0.1) is 0 Å². The number of piperidine rings is 1. The molecular weight excluding hydrogens is 372 g/mol. The molecule has 3 heterocycles. The van der Waals surface area contributed by atoms with Gasteiger partial charge in [0.2, 0.25) is 6.23 Å². The van der Waals surface area contributed by atoms with Crippen LogP contribution in [0.1, 0.15) is 56.5 Å². The molecule has 1 aromatic heterocycles. The standard InChI is InChI=1S/C20H28N6OS/c1-14(2)26-23-15(3)25(24-26)20(27-17-7-5-4-6-8-17)18-13-28-19(22-18)16-9-11-21-12-10-16/h4-8,13-14,16,20-21,24H,9-12H2,1-3H3. The van der Waals surface area contributed by atoms with Crippen LogP contribution in [0.25, 0.3) is 0 Å². The highest BCUT2D eigenvalue weighted by molar-refractivity contribution is 7.09. The Labute approximate surface area is 170 Å². The number of thiazole rings is 1. The average molecular weight is 401 g/mol. The van der Waals surface area contributed by atoms with E-state index in [-0.39, 0.29) is 12.3 Å². The summed E-state index contributed by atoms with van der Waals surface area (Å²) in [5, 5.41) is 15.2. The smallest absolute Gasteiger partial charge is 0.232 e. The molecule has 0 radical (unpaired) electrons. The van der Waals surface area contributed by atoms with Crippen molar-refractivity contribution >= 4 is 17.2 Å². The molecule has 2 N–H and O–H groups in total. The quantitative estimate of drug-likeness (QED) is 0.774. The van der Waals surface area contributed by atoms with Crippen molar-refractivity contribution in [3.63, 3.8) is 0 Å². The van der Waals surface area contributed by atoms with Gasteiger partial charge in [0.1, 0.15) is 17.3 Å². The number of nitrogens with zero attached hydrogens (tertiary/aromatic N) is 4. The van der Waals surface area contributed by atoms with E-state index in [2.05, 4.69) is 35.2 Å². The van der Waals surface area contributed by atoms with E-state index in [1.807, 2.05) is 47.4 Å². The second kappa shape index (κ2) is 8.46. The van der Waals surface area contributed by atoms with Gasteiger partial charge in [-0.25, -0.2) is 15.1 Å². The summed E-state index contributed by atoms with van der Waals surface area (Å²) in [5.41, 5.74) is 4.25. The lowest BCUT2D eigenvalue weighted by molar-refractivity contribution is -0.0199. The SMILES string of the molecule is CC1=NN(C(C)C)NN1C(Oc1ccccc1)c1csc(C2CCNCC2)n1. The molecule has 0 aliphatic carbocycles. The highest BCUT2D eigenvalue weighted by atomic mass is 32.1. The summed E-state index contributed by atoms with van der Waals surface area (Å²) < 4.78 is 6.37. The van der Waals surface area contributed by atoms with E-state index in [4.69, 9.17) is 9.72 Å². The third-order valence-corrected chi connectivity index (χ3v) is 6.03. The summed E-state index contributed by atoms with van der Waals surface area (Å²) in [6.45, 7) is 8.30. The molecular formula is C20H28N6OS. The Bertz CT molecular complexity index is 802. The Morgan fingerprint density at radius 2 is 1.93 bits per heavy atom. The van der Waals surface area contributed by atoms with E-state index in [9.17, 15) is 0 Å². The Morgan fingerprint density at radius 1 is 1.18 bits per heavy atom. The maximum atomic E-state index is 6.37. The fraction of sp³-hybridized carbons (Fsp3) is 0.500. The Kier molecular flexibility index (Phi) is 5.79. The molecule has 4 rings (SSSR count). The van der Waals surface area contributed by atoms with E-state index in [0.29, 0.717) is 5.92 Å². The van der Waals surface area contributed by atoms with Gasteiger partial charge in [-0.3, -0.25) is 0 Å². The third-order valence-electron chi connectivity index (χ3n) is 5.01. The number of amidine groups is 1. The topological polar surface area (TPSA) is 65.0 Å². The molecule has 2 aliphatic rings. The fourth-order valence-corrected chi connectivity index (χ4v) is 4.40. The van der Waals surface area contributed by atoms with Crippen molar-refractivity contribution in [2.24, 2.45) is 5.10 Å². The van der Waals surface area contributed by atoms with Crippen molar-refractivity contribution in [2.45, 2.75) is 51.8 Å². The molecule has 8 heteroatoms. The van der Waals surface area contributed by atoms with Crippen LogP contribution in [-0.2, 0) is 0 Å². The number of hydrogen-bond acceptors (Lipinski definition) is 8. The highest BCUT2D eigenvalue weighted by Crippen LogP contribution is 2.32. The molecule has 150 valence electrons. The van der Waals surface area contributed by atoms with Crippen molar-refractivity contribution < 1.29 is 4.74 Å². The van der Waals surface area contributed by atoms with Gasteiger partial charge in [0, 0.05) is 11.3 Å². The molecule has 1 fully saturated rings. The van der Waals surface area contributed by atoms with Crippen molar-refractivity contribution in [3.8, 4) is 5.75 Å². The first-order chi connectivity index (χ1) is 13.6. The Balaban J connectivity index is 1.60. The van der Waals surface area contributed by atoms with Gasteiger partial charge >= 0.3 is 0 Å². The Morgan fingerprint density at radius 3 is 2.61 bits per heavy atom. The molecule has 7 nitrogen and oxygen atoms in total. The van der Waals surface area contributed by atoms with Crippen molar-refractivity contribution in [1.29, 1.82) is 0 Å². The summed E-state index contributed by atoms with van der Waals surface area (Å²) in [4.78, 5) is 4.99. The largest absolute Gasteiger partial charge is 0.463 e. The number of hydrazone groups is 1. The van der Waals surface area contributed by atoms with E-state index >= 15 is 0 Å². The molecule has 0 spiro atoms. The second-order valence-electron chi connectivity index (χ2n) is 7.47. The summed E-state index contributed by atoms with van der Waals surface area (Å²) in [5.74, 6) is 2.19. The number of aromatic nitrogens is 1. The van der Waals surface area contributed by atoms with Gasteiger partial charge in [0.05, 0.1) is 11.0 Å². The molecule has 2 aromatic rings. The minimum atomic E-state index is -0.387. The van der Waals surface area contributed by atoms with Gasteiger partial charge in [-0.1, -0.05) is 18.2 Å². The Hall–Kier alpha value is -2.16. The van der Waals surface area contributed by atoms with Crippen LogP contribution in [0.3, 0.4) is 0 Å². The number of nitrogens with one attached hydrogen (secondary N) is 2. The number of ether oxygens (including phenoxy) is 1. The van der Waals surface area contributed by atoms with Gasteiger partial charge in [-0.2, -0.15) is 0 Å². The lowest BCUT2D eigenvalue weighted by Gasteiger charge is -2.30. The minimum Gasteiger partial charge on any atom is -0.463 e. The molecule has 0 amide bonds. The van der Waals surface area contributed by atoms with Crippen LogP contribution < -0.4 is 15.6 Å². The number of hydrogen-bond donors (Lipinski definition) is 2. The summed E-state index contributed by atoms with van der Waals surface area (Å²) in [6, 6.07) is 10.1. The van der Waals surface area contributed by atoms with Crippen molar-refractivity contribution in [1.82, 2.24) is 26.0 Å². The highest BCUT2D eigenvalue weighted by Gasteiger charge is 2.33. The van der Waals surface area contributed by atoms with Crippen LogP contribution in [0.4, 0.5) is 0 Å². The van der Waals surface area contributed by atoms with Crippen LogP contribution in [-0.4, -0.2) is 40.1 Å². The van der Waals surface area contributed by atoms with E-state index < -0.39 is 0 Å². The first-order valence-corrected chi connectivity index (χ1v) is 10.8. The maximum absolute atomic E-state index is 6.37. The third kappa shape index (κ3) is 4.14. The number of hydrazine groups is 2. The summed E-state index contributed by atoms with van der Waals surface area (Å²) in [7, 11) is 0. The maximum Gasteiger partial charge on any atom is 0.232 e. The van der Waals surface area contributed by atoms with Crippen molar-refractivity contribution in [3.05, 3.63) is 46.4 Å². The lowest BCUT2D eigenvalue weighted by Crippen LogP contribution is -2.48. The molecule has 0 saturated carbocycles. The molecule has 1 aromatic carbocycles. The number of benzene rings is 1. The number of rotatable bonds is 6. The molecule has 1 atom stereocenters. The lowest BCUT2D eigenvalue weighted by atomic mass is 9.99. The average Bonchev–Trinajstić information content (AvgIpc) is 3.35. The first-order valence-electron chi connectivity index (χ1n) is 9.89. The number of para-hydroxylation sites is 1. The zero-order valence-electron chi connectivity index (χ0n) is 16.6. The van der Waals surface area contributed by atoms with E-state index in [0.717, 1.165) is 43.2 Å². The molecule has 2 aliphatic heterocycles. The van der Waals surface area contributed by atoms with Crippen LogP contribution >= 0.6 is 11.3 Å². The minimum absolute atomic E-state index is 0.234. The summed E-state index contributed by atoms with van der Waals surface area (Å²) >= 11 is 1.74. The first kappa shape index (κ1) is 19.2. The summed E-state index contributed by atoms with van der Waals surface area (Å²) in [6.07, 6.45) is 1.89. The van der Waals surface area contributed by atoms with Crippen molar-refractivity contribution in [2.75, 3.05) is 13.1 Å². The molecule has 1 unspecified atom stereocenters. The van der Waals surface area contributed by atoms with Gasteiger partial charge < -0.3 is 10.1 Å². The fourth-order valence-electron chi connectivity index (χ4n) is 3.41. The van der Waals surface area contributed by atoms with Crippen LogP contribution in [0.2, 0.25) is 0 Å². The van der Waals surface area contributed by atoms with E-state index in [1.54, 1.807) is 11.3 Å². The van der Waals surface area contributed by atoms with Gasteiger partial charge in [0.15, 0.2) is 0 Å². The predicted molar refractivity (Wildman–Crippen MR) is 112 cm³/mol. The van der Waals surface area contributed by atoms with Crippen LogP contribution in [0.5, 0.6) is 5.75 Å². The normalized spacial score (nSPS) is 19.2. The zero-order chi connectivity index (χ0) is 19.5. The van der Waals surface area contributed by atoms with E-state index in [1.165, 1.54) is 5.01 Å². The van der Waals surface area contributed by atoms with Gasteiger partial charge in [-0.05, 0) is 58.8 Å². The predicted octanol–water partition coefficient (Wildman–Crippen LogP) is 3.47. The monoisotopic (exact) mass is 400 g/mol. The van der Waals surface area contributed by atoms with Gasteiger partial charge in [-0.15, -0.1) is 22.0 Å². The van der Waals surface area contributed by atoms with Gasteiger partial charge in [0.25, 0.3) is 0 Å². The van der Waals surface area contributed by atoms with Crippen LogP contribution in [0.15, 0.2) is 40.8 Å².